The highest BCUT2D eigenvalue weighted by Crippen LogP contribution is 2.25. The molecule has 1 amide bonds. The standard InChI is InChI=1S/C14H17N3OS2/c1-4-12-16-17-14(20-12)15-13(18)10(3)19-11-7-5-9(2)6-8-11/h5-8,10H,4H2,1-3H3,(H,15,17,18)/t10-/m0/s1. The van der Waals surface area contributed by atoms with Gasteiger partial charge in [-0.3, -0.25) is 10.1 Å². The first kappa shape index (κ1) is 15.0. The number of carbonyl (C=O) groups is 1. The lowest BCUT2D eigenvalue weighted by Crippen LogP contribution is -2.22. The average molecular weight is 307 g/mol. The lowest BCUT2D eigenvalue weighted by molar-refractivity contribution is -0.115. The van der Waals surface area contributed by atoms with E-state index in [0.29, 0.717) is 5.13 Å². The molecule has 1 heterocycles. The molecule has 1 aromatic carbocycles. The minimum absolute atomic E-state index is 0.0469. The number of nitrogens with one attached hydrogen (secondary N) is 1. The van der Waals surface area contributed by atoms with Crippen LogP contribution in [0.4, 0.5) is 5.13 Å². The molecular formula is C14H17N3OS2. The van der Waals surface area contributed by atoms with E-state index in [1.807, 2.05) is 45.0 Å². The zero-order valence-electron chi connectivity index (χ0n) is 11.7. The summed E-state index contributed by atoms with van der Waals surface area (Å²) < 4.78 is 0. The summed E-state index contributed by atoms with van der Waals surface area (Å²) >= 11 is 2.96. The maximum absolute atomic E-state index is 12.1. The molecule has 0 saturated heterocycles. The van der Waals surface area contributed by atoms with Gasteiger partial charge in [0.2, 0.25) is 11.0 Å². The van der Waals surface area contributed by atoms with Crippen LogP contribution >= 0.6 is 23.1 Å². The second-order valence-corrected chi connectivity index (χ2v) is 6.89. The molecule has 2 aromatic rings. The molecular weight excluding hydrogens is 290 g/mol. The Bertz CT molecular complexity index is 580. The van der Waals surface area contributed by atoms with Crippen molar-refractivity contribution in [3.05, 3.63) is 34.8 Å². The second-order valence-electron chi connectivity index (χ2n) is 4.42. The molecule has 1 N–H and O–H groups in total. The minimum Gasteiger partial charge on any atom is -0.300 e. The number of anilines is 1. The third-order valence-electron chi connectivity index (χ3n) is 2.70. The SMILES string of the molecule is CCc1nnc(NC(=O)[C@H](C)Sc2ccc(C)cc2)s1. The number of aromatic nitrogens is 2. The summed E-state index contributed by atoms with van der Waals surface area (Å²) in [6.07, 6.45) is 0.835. The van der Waals surface area contributed by atoms with Gasteiger partial charge in [-0.2, -0.15) is 0 Å². The number of hydrogen-bond acceptors (Lipinski definition) is 5. The Morgan fingerprint density at radius 2 is 2.05 bits per heavy atom. The van der Waals surface area contributed by atoms with E-state index in [1.165, 1.54) is 28.7 Å². The van der Waals surface area contributed by atoms with E-state index in [1.54, 1.807) is 0 Å². The summed E-state index contributed by atoms with van der Waals surface area (Å²) in [5.41, 5.74) is 1.22. The van der Waals surface area contributed by atoms with Crippen molar-refractivity contribution in [2.45, 2.75) is 37.3 Å². The molecule has 1 aromatic heterocycles. The van der Waals surface area contributed by atoms with Gasteiger partial charge in [-0.25, -0.2) is 0 Å². The van der Waals surface area contributed by atoms with Crippen molar-refractivity contribution in [2.75, 3.05) is 5.32 Å². The third-order valence-corrected chi connectivity index (χ3v) is 4.80. The van der Waals surface area contributed by atoms with Crippen molar-refractivity contribution < 1.29 is 4.79 Å². The van der Waals surface area contributed by atoms with E-state index in [2.05, 4.69) is 15.5 Å². The van der Waals surface area contributed by atoms with E-state index in [0.717, 1.165) is 16.3 Å². The maximum atomic E-state index is 12.1. The summed E-state index contributed by atoms with van der Waals surface area (Å²) in [6, 6.07) is 8.16. The number of hydrogen-bond donors (Lipinski definition) is 1. The lowest BCUT2D eigenvalue weighted by atomic mass is 10.2. The molecule has 0 saturated carbocycles. The first-order valence-electron chi connectivity index (χ1n) is 6.45. The van der Waals surface area contributed by atoms with Gasteiger partial charge in [0.1, 0.15) is 5.01 Å². The van der Waals surface area contributed by atoms with Gasteiger partial charge in [0.05, 0.1) is 5.25 Å². The van der Waals surface area contributed by atoms with Gasteiger partial charge < -0.3 is 0 Å². The fourth-order valence-electron chi connectivity index (χ4n) is 1.53. The maximum Gasteiger partial charge on any atom is 0.239 e. The van der Waals surface area contributed by atoms with Crippen LogP contribution in [0.5, 0.6) is 0 Å². The van der Waals surface area contributed by atoms with Gasteiger partial charge in [0.15, 0.2) is 0 Å². The van der Waals surface area contributed by atoms with Crippen LogP contribution in [0.1, 0.15) is 24.4 Å². The molecule has 1 atom stereocenters. The summed E-state index contributed by atoms with van der Waals surface area (Å²) in [7, 11) is 0. The fourth-order valence-corrected chi connectivity index (χ4v) is 3.08. The van der Waals surface area contributed by atoms with Gasteiger partial charge in [-0.15, -0.1) is 22.0 Å². The molecule has 6 heteroatoms. The van der Waals surface area contributed by atoms with Crippen LogP contribution in [0, 0.1) is 6.92 Å². The van der Waals surface area contributed by atoms with Crippen LogP contribution in [0.25, 0.3) is 0 Å². The van der Waals surface area contributed by atoms with Gasteiger partial charge in [0.25, 0.3) is 0 Å². The summed E-state index contributed by atoms with van der Waals surface area (Å²) in [5, 5.41) is 12.1. The predicted octanol–water partition coefficient (Wildman–Crippen LogP) is 3.53. The van der Waals surface area contributed by atoms with Crippen LogP contribution in [-0.2, 0) is 11.2 Å². The highest BCUT2D eigenvalue weighted by Gasteiger charge is 2.16. The number of thioether (sulfide) groups is 1. The Morgan fingerprint density at radius 1 is 1.35 bits per heavy atom. The van der Waals surface area contributed by atoms with Gasteiger partial charge in [-0.1, -0.05) is 36.0 Å². The van der Waals surface area contributed by atoms with Crippen molar-refractivity contribution in [1.29, 1.82) is 0 Å². The topological polar surface area (TPSA) is 54.9 Å². The van der Waals surface area contributed by atoms with Gasteiger partial charge >= 0.3 is 0 Å². The monoisotopic (exact) mass is 307 g/mol. The van der Waals surface area contributed by atoms with Crippen LogP contribution in [-0.4, -0.2) is 21.4 Å². The van der Waals surface area contributed by atoms with Crippen molar-refractivity contribution in [1.82, 2.24) is 10.2 Å². The zero-order valence-corrected chi connectivity index (χ0v) is 13.3. The Hall–Kier alpha value is -1.40. The molecule has 106 valence electrons. The number of carbonyl (C=O) groups excluding carboxylic acids is 1. The highest BCUT2D eigenvalue weighted by atomic mass is 32.2. The van der Waals surface area contributed by atoms with Crippen LogP contribution < -0.4 is 5.32 Å². The number of nitrogens with zero attached hydrogens (tertiary/aromatic N) is 2. The molecule has 0 unspecified atom stereocenters. The van der Waals surface area contributed by atoms with Crippen molar-refractivity contribution in [3.63, 3.8) is 0 Å². The molecule has 0 bridgehead atoms. The number of amides is 1. The van der Waals surface area contributed by atoms with Crippen molar-refractivity contribution in [3.8, 4) is 0 Å². The molecule has 0 aliphatic carbocycles. The molecule has 0 radical (unpaired) electrons. The van der Waals surface area contributed by atoms with Crippen LogP contribution in [0.3, 0.4) is 0 Å². The smallest absolute Gasteiger partial charge is 0.239 e. The first-order valence-corrected chi connectivity index (χ1v) is 8.14. The predicted molar refractivity (Wildman–Crippen MR) is 84.4 cm³/mol. The van der Waals surface area contributed by atoms with E-state index in [9.17, 15) is 4.79 Å². The van der Waals surface area contributed by atoms with Crippen molar-refractivity contribution in [2.24, 2.45) is 0 Å². The van der Waals surface area contributed by atoms with E-state index < -0.39 is 0 Å². The van der Waals surface area contributed by atoms with E-state index in [4.69, 9.17) is 0 Å². The Balaban J connectivity index is 1.93. The Kier molecular flexibility index (Phi) is 5.14. The molecule has 0 aliphatic rings. The van der Waals surface area contributed by atoms with E-state index >= 15 is 0 Å². The number of aryl methyl sites for hydroxylation is 2. The van der Waals surface area contributed by atoms with Gasteiger partial charge in [-0.05, 0) is 32.4 Å². The molecule has 20 heavy (non-hydrogen) atoms. The fraction of sp³-hybridized carbons (Fsp3) is 0.357. The number of benzene rings is 1. The largest absolute Gasteiger partial charge is 0.300 e. The zero-order chi connectivity index (χ0) is 14.5. The average Bonchev–Trinajstić information content (AvgIpc) is 2.89. The molecule has 2 rings (SSSR count). The number of rotatable bonds is 5. The first-order chi connectivity index (χ1) is 9.58. The third kappa shape index (κ3) is 4.05. The van der Waals surface area contributed by atoms with Gasteiger partial charge in [0, 0.05) is 4.90 Å². The second kappa shape index (κ2) is 6.85. The lowest BCUT2D eigenvalue weighted by Gasteiger charge is -2.10. The normalized spacial score (nSPS) is 12.2. The van der Waals surface area contributed by atoms with Crippen molar-refractivity contribution >= 4 is 34.1 Å². The van der Waals surface area contributed by atoms with E-state index in [-0.39, 0.29) is 11.2 Å². The Morgan fingerprint density at radius 3 is 2.65 bits per heavy atom. The molecule has 0 spiro atoms. The molecule has 4 nitrogen and oxygen atoms in total. The van der Waals surface area contributed by atoms with Crippen LogP contribution in [0.2, 0.25) is 0 Å². The Labute approximate surface area is 127 Å². The summed E-state index contributed by atoms with van der Waals surface area (Å²) in [6.45, 7) is 5.95. The molecule has 0 fully saturated rings. The minimum atomic E-state index is -0.174. The summed E-state index contributed by atoms with van der Waals surface area (Å²) in [5.74, 6) is -0.0469. The molecule has 0 aliphatic heterocycles. The highest BCUT2D eigenvalue weighted by molar-refractivity contribution is 8.00. The quantitative estimate of drug-likeness (QED) is 0.859. The van der Waals surface area contributed by atoms with Crippen LogP contribution in [0.15, 0.2) is 29.2 Å². The summed E-state index contributed by atoms with van der Waals surface area (Å²) in [4.78, 5) is 13.2.